The predicted octanol–water partition coefficient (Wildman–Crippen LogP) is 1.77. The summed E-state index contributed by atoms with van der Waals surface area (Å²) in [5.74, 6) is 2.72. The first kappa shape index (κ1) is 11.2. The largest absolute Gasteiger partial charge is 0.299 e. The molecule has 1 aromatic rings. The summed E-state index contributed by atoms with van der Waals surface area (Å²) in [5, 5.41) is 7.32. The van der Waals surface area contributed by atoms with Crippen molar-refractivity contribution in [1.82, 2.24) is 14.9 Å². The summed E-state index contributed by atoms with van der Waals surface area (Å²) in [6.07, 6.45) is 7.48. The summed E-state index contributed by atoms with van der Waals surface area (Å²) in [6.45, 7) is 5.03. The molecule has 0 aliphatic carbocycles. The van der Waals surface area contributed by atoms with Crippen molar-refractivity contribution in [2.75, 3.05) is 6.54 Å². The molecule has 0 aliphatic rings. The van der Waals surface area contributed by atoms with E-state index in [1.165, 1.54) is 11.5 Å². The molecule has 0 bridgehead atoms. The van der Waals surface area contributed by atoms with E-state index >= 15 is 0 Å². The Morgan fingerprint density at radius 3 is 2.93 bits per heavy atom. The van der Waals surface area contributed by atoms with E-state index in [1.807, 2.05) is 6.92 Å². The van der Waals surface area contributed by atoms with Gasteiger partial charge in [0.15, 0.2) is 0 Å². The highest BCUT2D eigenvalue weighted by atomic mass is 32.1. The van der Waals surface area contributed by atoms with Crippen molar-refractivity contribution in [2.45, 2.75) is 32.7 Å². The van der Waals surface area contributed by atoms with Crippen LogP contribution in [0.4, 0.5) is 0 Å². The fourth-order valence-corrected chi connectivity index (χ4v) is 2.01. The molecular weight excluding hydrogens is 194 g/mol. The maximum atomic E-state index is 5.45. The van der Waals surface area contributed by atoms with Gasteiger partial charge in [0, 0.05) is 0 Å². The van der Waals surface area contributed by atoms with Gasteiger partial charge in [-0.3, -0.25) is 5.32 Å². The van der Waals surface area contributed by atoms with Gasteiger partial charge in [0.05, 0.1) is 10.6 Å². The quantitative estimate of drug-likeness (QED) is 0.751. The Labute approximate surface area is 89.1 Å². The second kappa shape index (κ2) is 5.74. The summed E-state index contributed by atoms with van der Waals surface area (Å²) >= 11 is 1.40. The van der Waals surface area contributed by atoms with Crippen LogP contribution in [-0.2, 0) is 6.42 Å². The first-order chi connectivity index (χ1) is 6.83. The Hall–Kier alpha value is -0.920. The van der Waals surface area contributed by atoms with Crippen LogP contribution in [0.1, 0.15) is 36.9 Å². The van der Waals surface area contributed by atoms with Crippen molar-refractivity contribution in [3.8, 4) is 12.3 Å². The lowest BCUT2D eigenvalue weighted by Gasteiger charge is -2.09. The number of nitrogens with one attached hydrogen (secondary N) is 1. The lowest BCUT2D eigenvalue weighted by Crippen LogP contribution is -2.19. The van der Waals surface area contributed by atoms with Crippen LogP contribution < -0.4 is 5.32 Å². The Morgan fingerprint density at radius 1 is 1.57 bits per heavy atom. The summed E-state index contributed by atoms with van der Waals surface area (Å²) in [4.78, 5) is 1.09. The van der Waals surface area contributed by atoms with E-state index in [1.54, 1.807) is 0 Å². The molecule has 0 aromatic carbocycles. The Kier molecular flexibility index (Phi) is 4.57. The summed E-state index contributed by atoms with van der Waals surface area (Å²) < 4.78 is 3.95. The Balaban J connectivity index is 2.81. The lowest BCUT2D eigenvalue weighted by molar-refractivity contribution is 0.663. The van der Waals surface area contributed by atoms with Crippen molar-refractivity contribution in [2.24, 2.45) is 0 Å². The van der Waals surface area contributed by atoms with Crippen molar-refractivity contribution >= 4 is 11.5 Å². The second-order valence-electron chi connectivity index (χ2n) is 2.99. The van der Waals surface area contributed by atoms with Crippen molar-refractivity contribution in [3.05, 3.63) is 10.6 Å². The van der Waals surface area contributed by atoms with Gasteiger partial charge in [-0.15, -0.1) is 11.5 Å². The van der Waals surface area contributed by atoms with E-state index in [4.69, 9.17) is 6.42 Å². The first-order valence-electron chi connectivity index (χ1n) is 4.84. The number of aryl methyl sites for hydroxylation is 1. The van der Waals surface area contributed by atoms with E-state index in [0.717, 1.165) is 30.0 Å². The first-order valence-corrected chi connectivity index (χ1v) is 5.61. The van der Waals surface area contributed by atoms with Crippen molar-refractivity contribution in [1.29, 1.82) is 0 Å². The zero-order valence-corrected chi connectivity index (χ0v) is 9.40. The number of nitrogens with zero attached hydrogens (tertiary/aromatic N) is 2. The molecule has 0 spiro atoms. The molecule has 1 rings (SSSR count). The van der Waals surface area contributed by atoms with Gasteiger partial charge in [0.25, 0.3) is 0 Å². The Morgan fingerprint density at radius 2 is 2.36 bits per heavy atom. The zero-order valence-electron chi connectivity index (χ0n) is 8.58. The maximum absolute atomic E-state index is 5.45. The van der Waals surface area contributed by atoms with Crippen LogP contribution in [0, 0.1) is 12.3 Å². The number of terminal acetylenes is 1. The molecule has 0 amide bonds. The van der Waals surface area contributed by atoms with Gasteiger partial charge < -0.3 is 0 Å². The van der Waals surface area contributed by atoms with Gasteiger partial charge in [-0.05, 0) is 24.5 Å². The zero-order chi connectivity index (χ0) is 10.4. The van der Waals surface area contributed by atoms with Crippen LogP contribution in [0.3, 0.4) is 0 Å². The van der Waals surface area contributed by atoms with E-state index in [9.17, 15) is 0 Å². The normalized spacial score (nSPS) is 12.4. The van der Waals surface area contributed by atoms with Gasteiger partial charge in [0.2, 0.25) is 0 Å². The topological polar surface area (TPSA) is 37.8 Å². The minimum atomic E-state index is -0.0263. The number of hydrogen-bond acceptors (Lipinski definition) is 4. The van der Waals surface area contributed by atoms with Gasteiger partial charge in [0.1, 0.15) is 6.04 Å². The smallest absolute Gasteiger partial charge is 0.107 e. The van der Waals surface area contributed by atoms with Crippen LogP contribution in [0.15, 0.2) is 0 Å². The van der Waals surface area contributed by atoms with E-state index in [0.29, 0.717) is 0 Å². The van der Waals surface area contributed by atoms with Crippen molar-refractivity contribution < 1.29 is 0 Å². The third-order valence-electron chi connectivity index (χ3n) is 1.91. The summed E-state index contributed by atoms with van der Waals surface area (Å²) in [7, 11) is 0. The average molecular weight is 209 g/mol. The van der Waals surface area contributed by atoms with E-state index < -0.39 is 0 Å². The fraction of sp³-hybridized carbons (Fsp3) is 0.600. The molecule has 0 radical (unpaired) electrons. The maximum Gasteiger partial charge on any atom is 0.107 e. The molecule has 4 heteroatoms. The molecule has 0 fully saturated rings. The highest BCUT2D eigenvalue weighted by Gasteiger charge is 2.15. The SMILES string of the molecule is C#CC(NCC)c1snnc1CCC. The van der Waals surface area contributed by atoms with E-state index in [-0.39, 0.29) is 6.04 Å². The van der Waals surface area contributed by atoms with Gasteiger partial charge >= 0.3 is 0 Å². The van der Waals surface area contributed by atoms with Crippen LogP contribution >= 0.6 is 11.5 Å². The molecule has 76 valence electrons. The fourth-order valence-electron chi connectivity index (χ4n) is 1.28. The third-order valence-corrected chi connectivity index (χ3v) is 2.74. The lowest BCUT2D eigenvalue weighted by atomic mass is 10.1. The molecular formula is C10H15N3S. The highest BCUT2D eigenvalue weighted by Crippen LogP contribution is 2.20. The van der Waals surface area contributed by atoms with Gasteiger partial charge in [-0.25, -0.2) is 0 Å². The second-order valence-corrected chi connectivity index (χ2v) is 3.78. The average Bonchev–Trinajstić information content (AvgIpc) is 2.63. The van der Waals surface area contributed by atoms with Gasteiger partial charge in [-0.1, -0.05) is 30.7 Å². The monoisotopic (exact) mass is 209 g/mol. The molecule has 0 saturated heterocycles. The molecule has 1 heterocycles. The van der Waals surface area contributed by atoms with Crippen LogP contribution in [0.2, 0.25) is 0 Å². The van der Waals surface area contributed by atoms with Crippen molar-refractivity contribution in [3.63, 3.8) is 0 Å². The molecule has 0 aliphatic heterocycles. The molecule has 14 heavy (non-hydrogen) atoms. The van der Waals surface area contributed by atoms with Crippen LogP contribution in [0.25, 0.3) is 0 Å². The third kappa shape index (κ3) is 2.53. The number of hydrogen-bond donors (Lipinski definition) is 1. The van der Waals surface area contributed by atoms with Crippen LogP contribution in [-0.4, -0.2) is 16.1 Å². The molecule has 1 aromatic heterocycles. The number of rotatable bonds is 5. The minimum absolute atomic E-state index is 0.0263. The summed E-state index contributed by atoms with van der Waals surface area (Å²) in [5.41, 5.74) is 1.04. The predicted molar refractivity (Wildman–Crippen MR) is 59.2 cm³/mol. The van der Waals surface area contributed by atoms with Crippen LogP contribution in [0.5, 0.6) is 0 Å². The summed E-state index contributed by atoms with van der Waals surface area (Å²) in [6, 6.07) is -0.0263. The molecule has 3 nitrogen and oxygen atoms in total. The minimum Gasteiger partial charge on any atom is -0.299 e. The standard InChI is InChI=1S/C10H15N3S/c1-4-7-9-10(14-13-12-9)8(5-2)11-6-3/h2,8,11H,4,6-7H2,1,3H3. The highest BCUT2D eigenvalue weighted by molar-refractivity contribution is 7.05. The number of aromatic nitrogens is 2. The van der Waals surface area contributed by atoms with E-state index in [2.05, 4.69) is 27.7 Å². The molecule has 1 N–H and O–H groups in total. The molecule has 1 atom stereocenters. The molecule has 0 saturated carbocycles. The van der Waals surface area contributed by atoms with Gasteiger partial charge in [-0.2, -0.15) is 0 Å². The Bertz CT molecular complexity index is 313. The molecule has 1 unspecified atom stereocenters.